The first-order chi connectivity index (χ1) is 8.08. The number of nitrogens with zero attached hydrogens (tertiary/aromatic N) is 1. The molecule has 0 aromatic heterocycles. The van der Waals surface area contributed by atoms with Crippen LogP contribution in [-0.2, 0) is 9.53 Å². The number of nitrogens with one attached hydrogen (secondary N) is 1. The highest BCUT2D eigenvalue weighted by molar-refractivity contribution is 5.84. The zero-order valence-corrected chi connectivity index (χ0v) is 11.0. The molecule has 0 radical (unpaired) electrons. The summed E-state index contributed by atoms with van der Waals surface area (Å²) in [5.74, 6) is -0.279. The van der Waals surface area contributed by atoms with Gasteiger partial charge in [-0.05, 0) is 39.8 Å². The quantitative estimate of drug-likeness (QED) is 0.686. The van der Waals surface area contributed by atoms with E-state index in [9.17, 15) is 4.79 Å². The van der Waals surface area contributed by atoms with Crippen molar-refractivity contribution in [2.75, 3.05) is 39.9 Å². The van der Waals surface area contributed by atoms with E-state index in [0.29, 0.717) is 0 Å². The van der Waals surface area contributed by atoms with E-state index >= 15 is 0 Å². The van der Waals surface area contributed by atoms with Gasteiger partial charge in [0, 0.05) is 19.7 Å². The number of ether oxygens (including phenoxy) is 1. The van der Waals surface area contributed by atoms with Crippen molar-refractivity contribution in [3.8, 4) is 0 Å². The molecular weight excluding hydrogens is 218 g/mol. The van der Waals surface area contributed by atoms with Gasteiger partial charge in [-0.3, -0.25) is 4.79 Å². The molecule has 1 rings (SSSR count). The van der Waals surface area contributed by atoms with Crippen LogP contribution in [0.5, 0.6) is 0 Å². The number of carbonyl (C=O) groups is 1. The second-order valence-corrected chi connectivity index (χ2v) is 4.86. The smallest absolute Gasteiger partial charge is 0.237 e. The Morgan fingerprint density at radius 1 is 1.47 bits per heavy atom. The molecule has 0 aliphatic carbocycles. The number of hydrogen-bond acceptors (Lipinski definition) is 4. The maximum absolute atomic E-state index is 11.3. The molecule has 1 saturated heterocycles. The predicted molar refractivity (Wildman–Crippen MR) is 67.8 cm³/mol. The van der Waals surface area contributed by atoms with E-state index in [1.165, 1.54) is 0 Å². The van der Waals surface area contributed by atoms with Gasteiger partial charge in [-0.25, -0.2) is 0 Å². The van der Waals surface area contributed by atoms with E-state index in [1.807, 2.05) is 6.92 Å². The fraction of sp³-hybridized carbons (Fsp3) is 0.917. The molecule has 0 saturated carbocycles. The van der Waals surface area contributed by atoms with Crippen LogP contribution in [0.2, 0.25) is 0 Å². The zero-order chi connectivity index (χ0) is 12.7. The first-order valence-corrected chi connectivity index (χ1v) is 6.37. The van der Waals surface area contributed by atoms with Crippen molar-refractivity contribution in [2.24, 2.45) is 5.73 Å². The van der Waals surface area contributed by atoms with Crippen LogP contribution in [0.15, 0.2) is 0 Å². The van der Waals surface area contributed by atoms with Gasteiger partial charge in [-0.1, -0.05) is 0 Å². The Labute approximate surface area is 104 Å². The van der Waals surface area contributed by atoms with Crippen LogP contribution in [0.3, 0.4) is 0 Å². The van der Waals surface area contributed by atoms with Crippen molar-refractivity contribution in [3.05, 3.63) is 0 Å². The number of amides is 1. The molecule has 1 aliphatic rings. The second kappa shape index (κ2) is 6.93. The minimum atomic E-state index is -0.581. The first-order valence-electron chi connectivity index (χ1n) is 6.37. The molecule has 17 heavy (non-hydrogen) atoms. The number of rotatable bonds is 6. The molecule has 100 valence electrons. The van der Waals surface area contributed by atoms with Crippen LogP contribution >= 0.6 is 0 Å². The first kappa shape index (κ1) is 14.4. The third-order valence-corrected chi connectivity index (χ3v) is 3.56. The van der Waals surface area contributed by atoms with Crippen LogP contribution < -0.4 is 11.1 Å². The SMILES string of the molecule is CNC(C)(CCCN1CCCOCC1)C(N)=O. The molecule has 1 fully saturated rings. The molecule has 1 unspecified atom stereocenters. The van der Waals surface area contributed by atoms with Crippen LogP contribution in [0.25, 0.3) is 0 Å². The summed E-state index contributed by atoms with van der Waals surface area (Å²) < 4.78 is 5.40. The number of primary amides is 1. The molecule has 1 aliphatic heterocycles. The Hall–Kier alpha value is -0.650. The summed E-state index contributed by atoms with van der Waals surface area (Å²) in [6.45, 7) is 6.64. The predicted octanol–water partition coefficient (Wildman–Crippen LogP) is -0.0477. The van der Waals surface area contributed by atoms with E-state index in [-0.39, 0.29) is 5.91 Å². The summed E-state index contributed by atoms with van der Waals surface area (Å²) in [6.07, 6.45) is 2.84. The maximum atomic E-state index is 11.3. The van der Waals surface area contributed by atoms with E-state index in [0.717, 1.165) is 52.1 Å². The van der Waals surface area contributed by atoms with Crippen LogP contribution in [0.1, 0.15) is 26.2 Å². The van der Waals surface area contributed by atoms with Gasteiger partial charge in [-0.2, -0.15) is 0 Å². The summed E-state index contributed by atoms with van der Waals surface area (Å²) in [5, 5.41) is 3.01. The summed E-state index contributed by atoms with van der Waals surface area (Å²) in [4.78, 5) is 13.7. The van der Waals surface area contributed by atoms with E-state index in [1.54, 1.807) is 7.05 Å². The fourth-order valence-electron chi connectivity index (χ4n) is 2.05. The van der Waals surface area contributed by atoms with Gasteiger partial charge < -0.3 is 20.7 Å². The number of likely N-dealkylation sites (N-methyl/N-ethyl adjacent to an activating group) is 1. The lowest BCUT2D eigenvalue weighted by Crippen LogP contribution is -2.51. The second-order valence-electron chi connectivity index (χ2n) is 4.86. The Kier molecular flexibility index (Phi) is 5.88. The van der Waals surface area contributed by atoms with Gasteiger partial charge in [0.05, 0.1) is 12.1 Å². The molecule has 1 atom stereocenters. The minimum absolute atomic E-state index is 0.279. The number of hydrogen-bond donors (Lipinski definition) is 2. The van der Waals surface area contributed by atoms with Crippen molar-refractivity contribution in [1.29, 1.82) is 0 Å². The number of nitrogens with two attached hydrogens (primary N) is 1. The average Bonchev–Trinajstić information content (AvgIpc) is 2.57. The van der Waals surface area contributed by atoms with Crippen molar-refractivity contribution < 1.29 is 9.53 Å². The highest BCUT2D eigenvalue weighted by Crippen LogP contribution is 2.12. The van der Waals surface area contributed by atoms with E-state index in [4.69, 9.17) is 10.5 Å². The third kappa shape index (κ3) is 4.61. The summed E-state index contributed by atoms with van der Waals surface area (Å²) >= 11 is 0. The van der Waals surface area contributed by atoms with Crippen molar-refractivity contribution in [1.82, 2.24) is 10.2 Å². The van der Waals surface area contributed by atoms with Gasteiger partial charge in [0.25, 0.3) is 0 Å². The monoisotopic (exact) mass is 243 g/mol. The van der Waals surface area contributed by atoms with Gasteiger partial charge in [0.1, 0.15) is 0 Å². The lowest BCUT2D eigenvalue weighted by Gasteiger charge is -2.27. The normalized spacial score (nSPS) is 21.8. The molecule has 0 bridgehead atoms. The summed E-state index contributed by atoms with van der Waals surface area (Å²) in [7, 11) is 1.78. The topological polar surface area (TPSA) is 67.6 Å². The minimum Gasteiger partial charge on any atom is -0.380 e. The maximum Gasteiger partial charge on any atom is 0.237 e. The zero-order valence-electron chi connectivity index (χ0n) is 11.0. The Balaban J connectivity index is 2.28. The van der Waals surface area contributed by atoms with Crippen molar-refractivity contribution in [3.63, 3.8) is 0 Å². The Morgan fingerprint density at radius 2 is 2.24 bits per heavy atom. The van der Waals surface area contributed by atoms with Crippen molar-refractivity contribution in [2.45, 2.75) is 31.7 Å². The highest BCUT2D eigenvalue weighted by atomic mass is 16.5. The van der Waals surface area contributed by atoms with Crippen LogP contribution in [-0.4, -0.2) is 56.2 Å². The van der Waals surface area contributed by atoms with Crippen LogP contribution in [0, 0.1) is 0 Å². The lowest BCUT2D eigenvalue weighted by molar-refractivity contribution is -0.123. The lowest BCUT2D eigenvalue weighted by atomic mass is 9.95. The molecule has 1 heterocycles. The van der Waals surface area contributed by atoms with E-state index < -0.39 is 5.54 Å². The molecule has 0 spiro atoms. The Morgan fingerprint density at radius 3 is 2.88 bits per heavy atom. The molecule has 5 heteroatoms. The van der Waals surface area contributed by atoms with Crippen molar-refractivity contribution >= 4 is 5.91 Å². The standard InChI is InChI=1S/C12H25N3O2/c1-12(14-2,11(13)16)5-3-6-15-7-4-9-17-10-8-15/h14H,3-10H2,1-2H3,(H2,13,16). The van der Waals surface area contributed by atoms with Gasteiger partial charge >= 0.3 is 0 Å². The van der Waals surface area contributed by atoms with Gasteiger partial charge in [0.2, 0.25) is 5.91 Å². The average molecular weight is 243 g/mol. The van der Waals surface area contributed by atoms with E-state index in [2.05, 4.69) is 10.2 Å². The van der Waals surface area contributed by atoms with Crippen LogP contribution in [0.4, 0.5) is 0 Å². The largest absolute Gasteiger partial charge is 0.380 e. The van der Waals surface area contributed by atoms with Gasteiger partial charge in [-0.15, -0.1) is 0 Å². The number of carbonyl (C=O) groups excluding carboxylic acids is 1. The molecule has 5 nitrogen and oxygen atoms in total. The molecule has 0 aromatic rings. The summed E-state index contributed by atoms with van der Waals surface area (Å²) in [6, 6.07) is 0. The Bertz CT molecular complexity index is 240. The van der Waals surface area contributed by atoms with Gasteiger partial charge in [0.15, 0.2) is 0 Å². The highest BCUT2D eigenvalue weighted by Gasteiger charge is 2.28. The third-order valence-electron chi connectivity index (χ3n) is 3.56. The summed E-state index contributed by atoms with van der Waals surface area (Å²) in [5.41, 5.74) is 4.81. The molecule has 3 N–H and O–H groups in total. The molecule has 1 amide bonds. The molecular formula is C12H25N3O2. The molecule has 0 aromatic carbocycles. The fourth-order valence-corrected chi connectivity index (χ4v) is 2.05.